The summed E-state index contributed by atoms with van der Waals surface area (Å²) in [4.78, 5) is 23.6. The predicted molar refractivity (Wildman–Crippen MR) is 79.8 cm³/mol. The van der Waals surface area contributed by atoms with Crippen molar-refractivity contribution in [1.82, 2.24) is 16.0 Å². The molecule has 1 atom stereocenters. The lowest BCUT2D eigenvalue weighted by molar-refractivity contribution is -0.126. The molecule has 3 N–H and O–H groups in total. The highest BCUT2D eigenvalue weighted by molar-refractivity contribution is 5.82. The summed E-state index contributed by atoms with van der Waals surface area (Å²) >= 11 is 0. The second-order valence-electron chi connectivity index (χ2n) is 5.93. The highest BCUT2D eigenvalue weighted by Gasteiger charge is 2.20. The Kier molecular flexibility index (Phi) is 6.95. The molecule has 1 heterocycles. The summed E-state index contributed by atoms with van der Waals surface area (Å²) in [5.74, 6) is 0.600. The molecule has 1 saturated heterocycles. The van der Waals surface area contributed by atoms with E-state index < -0.39 is 0 Å². The SMILES string of the molecule is O=C(CC1CCCCC1)NCCNC(=O)C1COCCN1. The van der Waals surface area contributed by atoms with E-state index in [9.17, 15) is 9.59 Å². The van der Waals surface area contributed by atoms with Crippen LogP contribution >= 0.6 is 0 Å². The zero-order valence-corrected chi connectivity index (χ0v) is 12.7. The number of hydrogen-bond acceptors (Lipinski definition) is 4. The van der Waals surface area contributed by atoms with Crippen molar-refractivity contribution in [3.8, 4) is 0 Å². The molecule has 0 spiro atoms. The van der Waals surface area contributed by atoms with Crippen molar-refractivity contribution in [3.05, 3.63) is 0 Å². The van der Waals surface area contributed by atoms with Crippen LogP contribution in [0.1, 0.15) is 38.5 Å². The average Bonchev–Trinajstić information content (AvgIpc) is 2.53. The third-order valence-corrected chi connectivity index (χ3v) is 4.18. The van der Waals surface area contributed by atoms with Gasteiger partial charge in [-0.3, -0.25) is 9.59 Å². The molecule has 1 saturated carbocycles. The van der Waals surface area contributed by atoms with Gasteiger partial charge >= 0.3 is 0 Å². The Labute approximate surface area is 126 Å². The fraction of sp³-hybridized carbons (Fsp3) is 0.867. The molecule has 2 fully saturated rings. The second-order valence-corrected chi connectivity index (χ2v) is 5.93. The molecule has 1 aliphatic heterocycles. The third-order valence-electron chi connectivity index (χ3n) is 4.18. The van der Waals surface area contributed by atoms with E-state index in [1.807, 2.05) is 0 Å². The largest absolute Gasteiger partial charge is 0.378 e. The van der Waals surface area contributed by atoms with Crippen LogP contribution in [0.3, 0.4) is 0 Å². The standard InChI is InChI=1S/C15H27N3O3/c19-14(10-12-4-2-1-3-5-12)17-6-7-18-15(20)13-11-21-9-8-16-13/h12-13,16H,1-11H2,(H,17,19)(H,18,20). The molecular formula is C15H27N3O3. The highest BCUT2D eigenvalue weighted by Crippen LogP contribution is 2.25. The van der Waals surface area contributed by atoms with Crippen LogP contribution in [0.5, 0.6) is 0 Å². The summed E-state index contributed by atoms with van der Waals surface area (Å²) in [5, 5.41) is 8.80. The molecule has 2 rings (SSSR count). The van der Waals surface area contributed by atoms with Gasteiger partial charge in [-0.25, -0.2) is 0 Å². The number of ether oxygens (including phenoxy) is 1. The summed E-state index contributed by atoms with van der Waals surface area (Å²) in [5.41, 5.74) is 0. The smallest absolute Gasteiger partial charge is 0.239 e. The van der Waals surface area contributed by atoms with Gasteiger partial charge in [0.15, 0.2) is 0 Å². The van der Waals surface area contributed by atoms with Gasteiger partial charge in [0.25, 0.3) is 0 Å². The van der Waals surface area contributed by atoms with E-state index in [1.54, 1.807) is 0 Å². The van der Waals surface area contributed by atoms with Gasteiger partial charge in [-0.05, 0) is 18.8 Å². The molecule has 2 amide bonds. The minimum atomic E-state index is -0.267. The van der Waals surface area contributed by atoms with E-state index in [1.165, 1.54) is 32.1 Å². The van der Waals surface area contributed by atoms with Crippen molar-refractivity contribution in [1.29, 1.82) is 0 Å². The van der Waals surface area contributed by atoms with Crippen LogP contribution in [0.4, 0.5) is 0 Å². The predicted octanol–water partition coefficient (Wildman–Crippen LogP) is 0.178. The lowest BCUT2D eigenvalue weighted by Crippen LogP contribution is -2.52. The molecular weight excluding hydrogens is 270 g/mol. The van der Waals surface area contributed by atoms with E-state index in [0.717, 1.165) is 0 Å². The zero-order valence-electron chi connectivity index (χ0n) is 12.7. The monoisotopic (exact) mass is 297 g/mol. The van der Waals surface area contributed by atoms with Gasteiger partial charge in [-0.1, -0.05) is 19.3 Å². The number of carbonyl (C=O) groups is 2. The van der Waals surface area contributed by atoms with Gasteiger partial charge in [0.05, 0.1) is 13.2 Å². The highest BCUT2D eigenvalue weighted by atomic mass is 16.5. The minimum Gasteiger partial charge on any atom is -0.378 e. The fourth-order valence-corrected chi connectivity index (χ4v) is 2.97. The first-order chi connectivity index (χ1) is 10.3. The maximum absolute atomic E-state index is 11.8. The Morgan fingerprint density at radius 1 is 1.10 bits per heavy atom. The van der Waals surface area contributed by atoms with E-state index >= 15 is 0 Å². The lowest BCUT2D eigenvalue weighted by atomic mass is 9.87. The molecule has 0 aromatic rings. The second kappa shape index (κ2) is 9.00. The number of nitrogens with one attached hydrogen (secondary N) is 3. The van der Waals surface area contributed by atoms with Gasteiger partial charge in [0.2, 0.25) is 11.8 Å². The fourth-order valence-electron chi connectivity index (χ4n) is 2.97. The maximum Gasteiger partial charge on any atom is 0.239 e. The molecule has 1 unspecified atom stereocenters. The topological polar surface area (TPSA) is 79.5 Å². The van der Waals surface area contributed by atoms with Crippen LogP contribution < -0.4 is 16.0 Å². The molecule has 0 bridgehead atoms. The molecule has 0 aromatic heterocycles. The number of morpholine rings is 1. The van der Waals surface area contributed by atoms with Crippen molar-refractivity contribution < 1.29 is 14.3 Å². The van der Waals surface area contributed by atoms with E-state index in [-0.39, 0.29) is 17.9 Å². The van der Waals surface area contributed by atoms with Gasteiger partial charge < -0.3 is 20.7 Å². The summed E-state index contributed by atoms with van der Waals surface area (Å²) in [6, 6.07) is -0.267. The maximum atomic E-state index is 11.8. The van der Waals surface area contributed by atoms with Crippen LogP contribution in [0.2, 0.25) is 0 Å². The van der Waals surface area contributed by atoms with E-state index in [4.69, 9.17) is 4.74 Å². The summed E-state index contributed by atoms with van der Waals surface area (Å²) in [6.45, 7) is 2.73. The molecule has 6 heteroatoms. The van der Waals surface area contributed by atoms with Crippen LogP contribution in [0, 0.1) is 5.92 Å². The Hall–Kier alpha value is -1.14. The van der Waals surface area contributed by atoms with Gasteiger partial charge in [-0.2, -0.15) is 0 Å². The Balaban J connectivity index is 1.52. The number of carbonyl (C=O) groups excluding carboxylic acids is 2. The number of amides is 2. The number of hydrogen-bond donors (Lipinski definition) is 3. The Morgan fingerprint density at radius 3 is 2.57 bits per heavy atom. The van der Waals surface area contributed by atoms with Crippen LogP contribution in [0.15, 0.2) is 0 Å². The normalized spacial score (nSPS) is 23.5. The van der Waals surface area contributed by atoms with Gasteiger partial charge in [0.1, 0.15) is 6.04 Å². The zero-order chi connectivity index (χ0) is 14.9. The van der Waals surface area contributed by atoms with Crippen molar-refractivity contribution in [2.75, 3.05) is 32.8 Å². The van der Waals surface area contributed by atoms with E-state index in [2.05, 4.69) is 16.0 Å². The minimum absolute atomic E-state index is 0.0590. The molecule has 120 valence electrons. The molecule has 0 aromatic carbocycles. The van der Waals surface area contributed by atoms with Gasteiger partial charge in [-0.15, -0.1) is 0 Å². The van der Waals surface area contributed by atoms with E-state index in [0.29, 0.717) is 45.2 Å². The Morgan fingerprint density at radius 2 is 1.86 bits per heavy atom. The molecule has 21 heavy (non-hydrogen) atoms. The van der Waals surface area contributed by atoms with Crippen LogP contribution in [-0.2, 0) is 14.3 Å². The van der Waals surface area contributed by atoms with Crippen molar-refractivity contribution in [2.45, 2.75) is 44.6 Å². The summed E-state index contributed by atoms with van der Waals surface area (Å²) < 4.78 is 5.24. The molecule has 1 aliphatic carbocycles. The Bertz CT molecular complexity index is 337. The van der Waals surface area contributed by atoms with Crippen LogP contribution in [0.25, 0.3) is 0 Å². The number of rotatable bonds is 6. The van der Waals surface area contributed by atoms with Gasteiger partial charge in [0, 0.05) is 26.1 Å². The third kappa shape index (κ3) is 6.01. The first kappa shape index (κ1) is 16.2. The quantitative estimate of drug-likeness (QED) is 0.611. The molecule has 6 nitrogen and oxygen atoms in total. The first-order valence-corrected chi connectivity index (χ1v) is 8.11. The van der Waals surface area contributed by atoms with Crippen LogP contribution in [-0.4, -0.2) is 50.7 Å². The molecule has 2 aliphatic rings. The summed E-state index contributed by atoms with van der Waals surface area (Å²) in [6.07, 6.45) is 6.80. The van der Waals surface area contributed by atoms with Crippen molar-refractivity contribution in [2.24, 2.45) is 5.92 Å². The first-order valence-electron chi connectivity index (χ1n) is 8.11. The summed E-state index contributed by atoms with van der Waals surface area (Å²) in [7, 11) is 0. The van der Waals surface area contributed by atoms with Crippen molar-refractivity contribution >= 4 is 11.8 Å². The molecule has 0 radical (unpaired) electrons. The van der Waals surface area contributed by atoms with Crippen molar-refractivity contribution in [3.63, 3.8) is 0 Å². The average molecular weight is 297 g/mol. The lowest BCUT2D eigenvalue weighted by Gasteiger charge is -2.23.